The van der Waals surface area contributed by atoms with Crippen LogP contribution >= 0.6 is 23.2 Å². The molecule has 0 fully saturated rings. The summed E-state index contributed by atoms with van der Waals surface area (Å²) in [7, 11) is 0. The lowest BCUT2D eigenvalue weighted by atomic mass is 9.76. The summed E-state index contributed by atoms with van der Waals surface area (Å²) in [4.78, 5) is 0. The summed E-state index contributed by atoms with van der Waals surface area (Å²) in [6.45, 7) is 4.35. The van der Waals surface area contributed by atoms with E-state index < -0.39 is 0 Å². The van der Waals surface area contributed by atoms with E-state index in [1.54, 1.807) is 0 Å². The fraction of sp³-hybridized carbons (Fsp3) is 0.600. The second-order valence-electron chi connectivity index (χ2n) is 3.64. The molecule has 0 bridgehead atoms. The van der Waals surface area contributed by atoms with Crippen molar-refractivity contribution in [1.82, 2.24) is 0 Å². The topological polar surface area (TPSA) is 0 Å². The minimum absolute atomic E-state index is 0.108. The highest BCUT2D eigenvalue weighted by atomic mass is 35.5. The number of alkyl halides is 2. The Morgan fingerprint density at radius 2 is 2.17 bits per heavy atom. The molecule has 12 heavy (non-hydrogen) atoms. The third kappa shape index (κ3) is 1.86. The summed E-state index contributed by atoms with van der Waals surface area (Å²) in [6.07, 6.45) is 6.45. The van der Waals surface area contributed by atoms with Gasteiger partial charge in [-0.3, -0.25) is 0 Å². The van der Waals surface area contributed by atoms with Gasteiger partial charge in [0.15, 0.2) is 0 Å². The van der Waals surface area contributed by atoms with Gasteiger partial charge in [-0.1, -0.05) is 32.1 Å². The van der Waals surface area contributed by atoms with E-state index in [1.165, 1.54) is 5.57 Å². The molecule has 0 aromatic carbocycles. The molecule has 0 radical (unpaired) electrons. The van der Waals surface area contributed by atoms with Crippen molar-refractivity contribution in [3.8, 4) is 0 Å². The number of halogens is 2. The van der Waals surface area contributed by atoms with Crippen LogP contribution in [0.15, 0.2) is 23.8 Å². The molecule has 2 heteroatoms. The first-order valence-electron chi connectivity index (χ1n) is 4.14. The first-order chi connectivity index (χ1) is 5.62. The zero-order valence-corrected chi connectivity index (χ0v) is 8.99. The largest absolute Gasteiger partial charge is 0.126 e. The first kappa shape index (κ1) is 10.1. The molecule has 0 aromatic heterocycles. The standard InChI is InChI=1S/C10H14Cl2/c1-8-5-9(6-11)3-4-10(8,2)7-12/h3-5,8H,6-7H2,1-2H3. The summed E-state index contributed by atoms with van der Waals surface area (Å²) in [5, 5.41) is 0. The van der Waals surface area contributed by atoms with Crippen LogP contribution in [0.4, 0.5) is 0 Å². The highest BCUT2D eigenvalue weighted by Gasteiger charge is 2.28. The van der Waals surface area contributed by atoms with Crippen molar-refractivity contribution < 1.29 is 0 Å². The van der Waals surface area contributed by atoms with Crippen molar-refractivity contribution in [2.45, 2.75) is 13.8 Å². The van der Waals surface area contributed by atoms with Gasteiger partial charge in [-0.15, -0.1) is 23.2 Å². The van der Waals surface area contributed by atoms with Crippen LogP contribution in [-0.2, 0) is 0 Å². The third-order valence-corrected chi connectivity index (χ3v) is 3.51. The zero-order valence-electron chi connectivity index (χ0n) is 7.48. The normalized spacial score (nSPS) is 35.0. The van der Waals surface area contributed by atoms with Crippen molar-refractivity contribution >= 4 is 23.2 Å². The van der Waals surface area contributed by atoms with Crippen molar-refractivity contribution in [2.24, 2.45) is 11.3 Å². The van der Waals surface area contributed by atoms with Gasteiger partial charge in [0.1, 0.15) is 0 Å². The van der Waals surface area contributed by atoms with Crippen LogP contribution in [0.2, 0.25) is 0 Å². The lowest BCUT2D eigenvalue weighted by molar-refractivity contribution is 0.368. The quantitative estimate of drug-likeness (QED) is 0.604. The molecule has 0 spiro atoms. The maximum atomic E-state index is 5.89. The van der Waals surface area contributed by atoms with Crippen molar-refractivity contribution in [3.05, 3.63) is 23.8 Å². The number of hydrogen-bond acceptors (Lipinski definition) is 0. The molecular formula is C10H14Cl2. The van der Waals surface area contributed by atoms with E-state index in [0.717, 1.165) is 0 Å². The maximum Gasteiger partial charge on any atom is 0.0470 e. The molecule has 1 aliphatic carbocycles. The fourth-order valence-electron chi connectivity index (χ4n) is 1.27. The van der Waals surface area contributed by atoms with E-state index in [9.17, 15) is 0 Å². The predicted molar refractivity (Wildman–Crippen MR) is 55.9 cm³/mol. The van der Waals surface area contributed by atoms with E-state index in [-0.39, 0.29) is 5.41 Å². The molecule has 0 amide bonds. The van der Waals surface area contributed by atoms with Crippen LogP contribution in [-0.4, -0.2) is 11.8 Å². The van der Waals surface area contributed by atoms with Crippen LogP contribution in [0.5, 0.6) is 0 Å². The highest BCUT2D eigenvalue weighted by molar-refractivity contribution is 6.19. The van der Waals surface area contributed by atoms with Crippen molar-refractivity contribution in [1.29, 1.82) is 0 Å². The van der Waals surface area contributed by atoms with Gasteiger partial charge >= 0.3 is 0 Å². The minimum atomic E-state index is 0.108. The van der Waals surface area contributed by atoms with Gasteiger partial charge in [0.05, 0.1) is 0 Å². The Labute approximate surface area is 84.2 Å². The summed E-state index contributed by atoms with van der Waals surface area (Å²) in [5.41, 5.74) is 1.31. The average molecular weight is 205 g/mol. The summed E-state index contributed by atoms with van der Waals surface area (Å²) in [5.74, 6) is 1.74. The lowest BCUT2D eigenvalue weighted by Crippen LogP contribution is -2.26. The molecule has 1 aliphatic rings. The molecule has 2 unspecified atom stereocenters. The Morgan fingerprint density at radius 3 is 2.58 bits per heavy atom. The lowest BCUT2D eigenvalue weighted by Gasteiger charge is -2.32. The van der Waals surface area contributed by atoms with E-state index in [2.05, 4.69) is 32.1 Å². The van der Waals surface area contributed by atoms with Gasteiger partial charge in [0.2, 0.25) is 0 Å². The smallest absolute Gasteiger partial charge is 0.0470 e. The Bertz CT molecular complexity index is 218. The predicted octanol–water partition coefficient (Wildman–Crippen LogP) is 3.60. The number of hydrogen-bond donors (Lipinski definition) is 0. The number of rotatable bonds is 2. The van der Waals surface area contributed by atoms with Gasteiger partial charge in [-0.25, -0.2) is 0 Å². The summed E-state index contributed by atoms with van der Waals surface area (Å²) in [6, 6.07) is 0. The molecule has 0 aromatic rings. The summed E-state index contributed by atoms with van der Waals surface area (Å²) >= 11 is 11.6. The molecule has 68 valence electrons. The highest BCUT2D eigenvalue weighted by Crippen LogP contribution is 2.35. The average Bonchev–Trinajstić information content (AvgIpc) is 2.10. The molecule has 0 saturated carbocycles. The van der Waals surface area contributed by atoms with Gasteiger partial charge in [0.25, 0.3) is 0 Å². The van der Waals surface area contributed by atoms with Gasteiger partial charge in [-0.05, 0) is 11.5 Å². The van der Waals surface area contributed by atoms with Gasteiger partial charge in [-0.2, -0.15) is 0 Å². The molecular weight excluding hydrogens is 191 g/mol. The number of allylic oxidation sites excluding steroid dienone is 4. The monoisotopic (exact) mass is 204 g/mol. The Balaban J connectivity index is 2.81. The minimum Gasteiger partial charge on any atom is -0.126 e. The Hall–Kier alpha value is 0.0600. The third-order valence-electron chi connectivity index (χ3n) is 2.62. The van der Waals surface area contributed by atoms with E-state index >= 15 is 0 Å². The molecule has 0 nitrogen and oxygen atoms in total. The van der Waals surface area contributed by atoms with Gasteiger partial charge < -0.3 is 0 Å². The van der Waals surface area contributed by atoms with E-state index in [1.807, 2.05) is 0 Å². The van der Waals surface area contributed by atoms with Crippen molar-refractivity contribution in [3.63, 3.8) is 0 Å². The SMILES string of the molecule is CC1C=C(CCl)C=CC1(C)CCl. The maximum absolute atomic E-state index is 5.89. The van der Waals surface area contributed by atoms with Crippen LogP contribution in [0.3, 0.4) is 0 Å². The van der Waals surface area contributed by atoms with E-state index in [0.29, 0.717) is 17.7 Å². The second-order valence-corrected chi connectivity index (χ2v) is 4.17. The Morgan fingerprint density at radius 1 is 1.50 bits per heavy atom. The van der Waals surface area contributed by atoms with E-state index in [4.69, 9.17) is 23.2 Å². The Kier molecular flexibility index (Phi) is 3.25. The second kappa shape index (κ2) is 3.85. The molecule has 1 rings (SSSR count). The molecule has 2 atom stereocenters. The summed E-state index contributed by atoms with van der Waals surface area (Å²) < 4.78 is 0. The first-order valence-corrected chi connectivity index (χ1v) is 5.21. The van der Waals surface area contributed by atoms with Crippen LogP contribution in [0.25, 0.3) is 0 Å². The van der Waals surface area contributed by atoms with Crippen molar-refractivity contribution in [2.75, 3.05) is 11.8 Å². The fourth-order valence-corrected chi connectivity index (χ4v) is 1.78. The van der Waals surface area contributed by atoms with Crippen LogP contribution in [0, 0.1) is 11.3 Å². The molecule has 0 aliphatic heterocycles. The molecule has 0 heterocycles. The van der Waals surface area contributed by atoms with Crippen LogP contribution < -0.4 is 0 Å². The zero-order chi connectivity index (χ0) is 9.19. The molecule has 0 saturated heterocycles. The molecule has 0 N–H and O–H groups in total. The van der Waals surface area contributed by atoms with Crippen LogP contribution in [0.1, 0.15) is 13.8 Å². The van der Waals surface area contributed by atoms with Gasteiger partial charge in [0, 0.05) is 17.2 Å².